The van der Waals surface area contributed by atoms with Crippen molar-refractivity contribution in [3.8, 4) is 5.75 Å². The van der Waals surface area contributed by atoms with Gasteiger partial charge in [0.2, 0.25) is 5.91 Å². The number of rotatable bonds is 4. The summed E-state index contributed by atoms with van der Waals surface area (Å²) in [6.45, 7) is 5.56. The van der Waals surface area contributed by atoms with Gasteiger partial charge in [0.05, 0.1) is 18.3 Å². The average molecular weight is 236 g/mol. The molecule has 1 atom stereocenters. The van der Waals surface area contributed by atoms with Gasteiger partial charge in [-0.25, -0.2) is 0 Å². The molecular formula is C13H20N2O2. The maximum atomic E-state index is 11.9. The van der Waals surface area contributed by atoms with E-state index in [1.807, 2.05) is 32.0 Å². The first-order chi connectivity index (χ1) is 7.90. The van der Waals surface area contributed by atoms with Gasteiger partial charge < -0.3 is 15.8 Å². The summed E-state index contributed by atoms with van der Waals surface area (Å²) < 4.78 is 5.22. The molecule has 0 radical (unpaired) electrons. The molecule has 0 bridgehead atoms. The molecule has 0 aromatic heterocycles. The fraction of sp³-hybridized carbons (Fsp3) is 0.462. The number of hydrogen-bond donors (Lipinski definition) is 2. The van der Waals surface area contributed by atoms with Crippen LogP contribution in [0.15, 0.2) is 18.2 Å². The van der Waals surface area contributed by atoms with Crippen LogP contribution in [0.2, 0.25) is 0 Å². The van der Waals surface area contributed by atoms with Crippen molar-refractivity contribution >= 4 is 11.6 Å². The number of aryl methyl sites for hydroxylation is 1. The Morgan fingerprint density at radius 3 is 2.71 bits per heavy atom. The van der Waals surface area contributed by atoms with E-state index in [1.165, 1.54) is 0 Å². The maximum Gasteiger partial charge on any atom is 0.244 e. The van der Waals surface area contributed by atoms with E-state index in [-0.39, 0.29) is 5.91 Å². The summed E-state index contributed by atoms with van der Waals surface area (Å²) in [5, 5.41) is 2.79. The molecular weight excluding hydrogens is 216 g/mol. The normalized spacial score (nSPS) is 13.9. The number of methoxy groups -OCH3 is 1. The van der Waals surface area contributed by atoms with Gasteiger partial charge in [0.1, 0.15) is 5.75 Å². The molecule has 0 aliphatic heterocycles. The van der Waals surface area contributed by atoms with Crippen LogP contribution in [-0.4, -0.2) is 18.6 Å². The third kappa shape index (κ3) is 3.20. The quantitative estimate of drug-likeness (QED) is 0.841. The van der Waals surface area contributed by atoms with Crippen molar-refractivity contribution in [1.82, 2.24) is 0 Å². The van der Waals surface area contributed by atoms with E-state index < -0.39 is 5.54 Å². The molecule has 3 N–H and O–H groups in total. The number of benzene rings is 1. The third-order valence-corrected chi connectivity index (χ3v) is 2.86. The van der Waals surface area contributed by atoms with E-state index in [0.29, 0.717) is 17.9 Å². The highest BCUT2D eigenvalue weighted by Gasteiger charge is 2.26. The van der Waals surface area contributed by atoms with Crippen LogP contribution in [0, 0.1) is 6.92 Å². The summed E-state index contributed by atoms with van der Waals surface area (Å²) >= 11 is 0. The molecule has 0 fully saturated rings. The van der Waals surface area contributed by atoms with Crippen molar-refractivity contribution in [1.29, 1.82) is 0 Å². The van der Waals surface area contributed by atoms with Crippen LogP contribution >= 0.6 is 0 Å². The predicted molar refractivity (Wildman–Crippen MR) is 69.2 cm³/mol. The largest absolute Gasteiger partial charge is 0.495 e. The molecule has 17 heavy (non-hydrogen) atoms. The van der Waals surface area contributed by atoms with E-state index >= 15 is 0 Å². The van der Waals surface area contributed by atoms with Crippen LogP contribution in [0.3, 0.4) is 0 Å². The second kappa shape index (κ2) is 5.19. The number of carbonyl (C=O) groups excluding carboxylic acids is 1. The maximum absolute atomic E-state index is 11.9. The molecule has 1 aromatic carbocycles. The second-order valence-corrected chi connectivity index (χ2v) is 4.43. The first-order valence-corrected chi connectivity index (χ1v) is 5.65. The lowest BCUT2D eigenvalue weighted by Crippen LogP contribution is -2.47. The van der Waals surface area contributed by atoms with Gasteiger partial charge in [-0.15, -0.1) is 0 Å². The predicted octanol–water partition coefficient (Wildman–Crippen LogP) is 2.07. The zero-order valence-electron chi connectivity index (χ0n) is 10.8. The van der Waals surface area contributed by atoms with Gasteiger partial charge in [-0.3, -0.25) is 4.79 Å². The highest BCUT2D eigenvalue weighted by molar-refractivity contribution is 5.98. The van der Waals surface area contributed by atoms with Crippen molar-refractivity contribution in [2.24, 2.45) is 5.73 Å². The number of nitrogens with one attached hydrogen (secondary N) is 1. The number of hydrogen-bond acceptors (Lipinski definition) is 3. The van der Waals surface area contributed by atoms with Gasteiger partial charge in [0.15, 0.2) is 0 Å². The number of ether oxygens (including phenoxy) is 1. The molecule has 1 amide bonds. The zero-order valence-corrected chi connectivity index (χ0v) is 10.8. The van der Waals surface area contributed by atoms with Crippen LogP contribution in [0.4, 0.5) is 5.69 Å². The Labute approximate surface area is 102 Å². The molecule has 0 aliphatic carbocycles. The zero-order chi connectivity index (χ0) is 13.1. The number of carbonyl (C=O) groups is 1. The average Bonchev–Trinajstić information content (AvgIpc) is 2.31. The molecule has 0 heterocycles. The summed E-state index contributed by atoms with van der Waals surface area (Å²) in [5.74, 6) is 0.437. The minimum absolute atomic E-state index is 0.206. The summed E-state index contributed by atoms with van der Waals surface area (Å²) in [6, 6.07) is 5.60. The van der Waals surface area contributed by atoms with E-state index in [4.69, 9.17) is 10.5 Å². The van der Waals surface area contributed by atoms with Crippen molar-refractivity contribution < 1.29 is 9.53 Å². The second-order valence-electron chi connectivity index (χ2n) is 4.43. The molecule has 1 aromatic rings. The van der Waals surface area contributed by atoms with Crippen molar-refractivity contribution in [3.63, 3.8) is 0 Å². The van der Waals surface area contributed by atoms with E-state index in [2.05, 4.69) is 5.32 Å². The third-order valence-electron chi connectivity index (χ3n) is 2.86. The van der Waals surface area contributed by atoms with Crippen LogP contribution < -0.4 is 15.8 Å². The summed E-state index contributed by atoms with van der Waals surface area (Å²) in [5.41, 5.74) is 6.73. The topological polar surface area (TPSA) is 64.4 Å². The first-order valence-electron chi connectivity index (χ1n) is 5.65. The molecule has 0 saturated heterocycles. The van der Waals surface area contributed by atoms with Crippen LogP contribution in [0.1, 0.15) is 25.8 Å². The minimum atomic E-state index is -0.865. The highest BCUT2D eigenvalue weighted by Crippen LogP contribution is 2.26. The Balaban J connectivity index is 2.92. The van der Waals surface area contributed by atoms with Gasteiger partial charge in [-0.2, -0.15) is 0 Å². The van der Waals surface area contributed by atoms with Gasteiger partial charge >= 0.3 is 0 Å². The Bertz CT molecular complexity index is 414. The lowest BCUT2D eigenvalue weighted by atomic mass is 9.99. The monoisotopic (exact) mass is 236 g/mol. The van der Waals surface area contributed by atoms with Gasteiger partial charge in [0.25, 0.3) is 0 Å². The molecule has 4 heteroatoms. The van der Waals surface area contributed by atoms with E-state index in [9.17, 15) is 4.79 Å². The number of nitrogens with two attached hydrogens (primary N) is 1. The van der Waals surface area contributed by atoms with Crippen LogP contribution in [0.25, 0.3) is 0 Å². The summed E-state index contributed by atoms with van der Waals surface area (Å²) in [7, 11) is 1.58. The first kappa shape index (κ1) is 13.5. The lowest BCUT2D eigenvalue weighted by molar-refractivity contribution is -0.120. The SMILES string of the molecule is CCC(C)(N)C(=O)Nc1ccc(C)cc1OC. The fourth-order valence-corrected chi connectivity index (χ4v) is 1.33. The molecule has 4 nitrogen and oxygen atoms in total. The van der Waals surface area contributed by atoms with Crippen LogP contribution in [0.5, 0.6) is 5.75 Å². The minimum Gasteiger partial charge on any atom is -0.495 e. The van der Waals surface area contributed by atoms with Crippen molar-refractivity contribution in [2.45, 2.75) is 32.7 Å². The Morgan fingerprint density at radius 2 is 2.18 bits per heavy atom. The lowest BCUT2D eigenvalue weighted by Gasteiger charge is -2.22. The van der Waals surface area contributed by atoms with Crippen LogP contribution in [-0.2, 0) is 4.79 Å². The fourth-order valence-electron chi connectivity index (χ4n) is 1.33. The Morgan fingerprint density at radius 1 is 1.53 bits per heavy atom. The standard InChI is InChI=1S/C13H20N2O2/c1-5-13(3,14)12(16)15-10-7-6-9(2)8-11(10)17-4/h6-8H,5,14H2,1-4H3,(H,15,16). The van der Waals surface area contributed by atoms with E-state index in [0.717, 1.165) is 5.56 Å². The van der Waals surface area contributed by atoms with E-state index in [1.54, 1.807) is 14.0 Å². The highest BCUT2D eigenvalue weighted by atomic mass is 16.5. The van der Waals surface area contributed by atoms with Gasteiger partial charge in [0, 0.05) is 0 Å². The number of amides is 1. The number of anilines is 1. The van der Waals surface area contributed by atoms with Gasteiger partial charge in [-0.05, 0) is 38.0 Å². The molecule has 1 unspecified atom stereocenters. The molecule has 0 saturated carbocycles. The summed E-state index contributed by atoms with van der Waals surface area (Å²) in [6.07, 6.45) is 0.576. The van der Waals surface area contributed by atoms with Gasteiger partial charge in [-0.1, -0.05) is 13.0 Å². The molecule has 1 rings (SSSR count). The smallest absolute Gasteiger partial charge is 0.244 e. The Hall–Kier alpha value is -1.55. The molecule has 0 aliphatic rings. The molecule has 0 spiro atoms. The molecule has 94 valence electrons. The Kier molecular flexibility index (Phi) is 4.12. The summed E-state index contributed by atoms with van der Waals surface area (Å²) in [4.78, 5) is 11.9. The van der Waals surface area contributed by atoms with Crippen molar-refractivity contribution in [2.75, 3.05) is 12.4 Å². The van der Waals surface area contributed by atoms with Crippen molar-refractivity contribution in [3.05, 3.63) is 23.8 Å².